The van der Waals surface area contributed by atoms with E-state index in [9.17, 15) is 4.79 Å². The van der Waals surface area contributed by atoms with E-state index in [0.29, 0.717) is 13.2 Å². The molecule has 0 N–H and O–H groups in total. The lowest BCUT2D eigenvalue weighted by Crippen LogP contribution is -1.99. The van der Waals surface area contributed by atoms with Crippen molar-refractivity contribution in [3.05, 3.63) is 57.3 Å². The van der Waals surface area contributed by atoms with Crippen molar-refractivity contribution in [2.75, 3.05) is 13.2 Å². The van der Waals surface area contributed by atoms with E-state index >= 15 is 0 Å². The van der Waals surface area contributed by atoms with Gasteiger partial charge in [-0.2, -0.15) is 0 Å². The SMILES string of the molecule is CCCCc1ccc(C(=O)c2ccc(C3OCCO3)s2)cc1. The summed E-state index contributed by atoms with van der Waals surface area (Å²) in [6.45, 7) is 3.42. The van der Waals surface area contributed by atoms with Crippen molar-refractivity contribution in [3.63, 3.8) is 0 Å². The Labute approximate surface area is 134 Å². The number of thiophene rings is 1. The summed E-state index contributed by atoms with van der Waals surface area (Å²) >= 11 is 1.45. The second-order valence-corrected chi connectivity index (χ2v) is 6.52. The monoisotopic (exact) mass is 316 g/mol. The number of hydrogen-bond acceptors (Lipinski definition) is 4. The fraction of sp³-hybridized carbons (Fsp3) is 0.389. The summed E-state index contributed by atoms with van der Waals surface area (Å²) in [6.07, 6.45) is 3.14. The fourth-order valence-corrected chi connectivity index (χ4v) is 3.44. The van der Waals surface area contributed by atoms with Gasteiger partial charge in [-0.3, -0.25) is 4.79 Å². The molecule has 3 nitrogen and oxygen atoms in total. The number of rotatable bonds is 6. The van der Waals surface area contributed by atoms with Crippen molar-refractivity contribution in [2.45, 2.75) is 32.5 Å². The third kappa shape index (κ3) is 3.46. The molecule has 1 fully saturated rings. The van der Waals surface area contributed by atoms with Gasteiger partial charge in [0, 0.05) is 5.56 Å². The molecule has 4 heteroatoms. The van der Waals surface area contributed by atoms with Crippen LogP contribution in [0.1, 0.15) is 51.7 Å². The van der Waals surface area contributed by atoms with Gasteiger partial charge >= 0.3 is 0 Å². The molecule has 2 heterocycles. The number of unbranched alkanes of at least 4 members (excludes halogenated alkanes) is 1. The van der Waals surface area contributed by atoms with E-state index in [1.54, 1.807) is 0 Å². The van der Waals surface area contributed by atoms with Crippen LogP contribution in [-0.2, 0) is 15.9 Å². The molecule has 0 bridgehead atoms. The van der Waals surface area contributed by atoms with Crippen LogP contribution < -0.4 is 0 Å². The Kier molecular flexibility index (Phi) is 5.03. The van der Waals surface area contributed by atoms with Crippen LogP contribution in [0.4, 0.5) is 0 Å². The van der Waals surface area contributed by atoms with E-state index in [-0.39, 0.29) is 12.1 Å². The highest BCUT2D eigenvalue weighted by atomic mass is 32.1. The first-order chi connectivity index (χ1) is 10.8. The average Bonchev–Trinajstić information content (AvgIpc) is 3.23. The Hall–Kier alpha value is -1.49. The Morgan fingerprint density at radius 3 is 2.55 bits per heavy atom. The summed E-state index contributed by atoms with van der Waals surface area (Å²) in [5.41, 5.74) is 2.03. The molecule has 1 saturated heterocycles. The number of aryl methyl sites for hydroxylation is 1. The van der Waals surface area contributed by atoms with Crippen molar-refractivity contribution >= 4 is 17.1 Å². The predicted octanol–water partition coefficient (Wildman–Crippen LogP) is 4.37. The minimum absolute atomic E-state index is 0.0660. The average molecular weight is 316 g/mol. The first-order valence-corrected chi connectivity index (χ1v) is 8.56. The Balaban J connectivity index is 1.70. The lowest BCUT2D eigenvalue weighted by molar-refractivity contribution is -0.0413. The van der Waals surface area contributed by atoms with Crippen LogP contribution in [0.3, 0.4) is 0 Å². The van der Waals surface area contributed by atoms with E-state index in [1.165, 1.54) is 29.7 Å². The number of ether oxygens (including phenoxy) is 2. The zero-order valence-corrected chi connectivity index (χ0v) is 13.5. The van der Waals surface area contributed by atoms with Gasteiger partial charge in [-0.25, -0.2) is 0 Å². The van der Waals surface area contributed by atoms with Crippen molar-refractivity contribution in [1.82, 2.24) is 0 Å². The second kappa shape index (κ2) is 7.18. The standard InChI is InChI=1S/C18H20O3S/c1-2-3-4-13-5-7-14(8-6-13)17(19)15-9-10-16(22-15)18-20-11-12-21-18/h5-10,18H,2-4,11-12H2,1H3. The first-order valence-electron chi connectivity index (χ1n) is 7.74. The molecule has 0 atom stereocenters. The van der Waals surface area contributed by atoms with Crippen LogP contribution in [0.15, 0.2) is 36.4 Å². The molecule has 0 unspecified atom stereocenters. The van der Waals surface area contributed by atoms with Crippen LogP contribution in [0.5, 0.6) is 0 Å². The third-order valence-electron chi connectivity index (χ3n) is 3.74. The summed E-state index contributed by atoms with van der Waals surface area (Å²) in [5.74, 6) is 0.0660. The molecule has 116 valence electrons. The molecule has 1 aromatic carbocycles. The van der Waals surface area contributed by atoms with E-state index < -0.39 is 0 Å². The van der Waals surface area contributed by atoms with Gasteiger partial charge in [0.25, 0.3) is 0 Å². The Morgan fingerprint density at radius 2 is 1.86 bits per heavy atom. The molecular formula is C18H20O3S. The number of ketones is 1. The molecule has 0 radical (unpaired) electrons. The van der Waals surface area contributed by atoms with Crippen molar-refractivity contribution in [2.24, 2.45) is 0 Å². The van der Waals surface area contributed by atoms with Gasteiger partial charge in [0.1, 0.15) is 0 Å². The Morgan fingerprint density at radius 1 is 1.14 bits per heavy atom. The predicted molar refractivity (Wildman–Crippen MR) is 87.5 cm³/mol. The van der Waals surface area contributed by atoms with Crippen molar-refractivity contribution in [3.8, 4) is 0 Å². The molecule has 0 saturated carbocycles. The van der Waals surface area contributed by atoms with Crippen molar-refractivity contribution in [1.29, 1.82) is 0 Å². The van der Waals surface area contributed by atoms with Crippen LogP contribution in [-0.4, -0.2) is 19.0 Å². The maximum absolute atomic E-state index is 12.5. The van der Waals surface area contributed by atoms with E-state index in [0.717, 1.165) is 21.7 Å². The third-order valence-corrected chi connectivity index (χ3v) is 4.85. The van der Waals surface area contributed by atoms with E-state index in [2.05, 4.69) is 19.1 Å². The van der Waals surface area contributed by atoms with Crippen LogP contribution in [0.25, 0.3) is 0 Å². The maximum Gasteiger partial charge on any atom is 0.202 e. The minimum atomic E-state index is -0.303. The summed E-state index contributed by atoms with van der Waals surface area (Å²) in [7, 11) is 0. The zero-order chi connectivity index (χ0) is 15.4. The number of hydrogen-bond donors (Lipinski definition) is 0. The number of benzene rings is 1. The van der Waals surface area contributed by atoms with Gasteiger partial charge in [-0.05, 0) is 30.5 Å². The smallest absolute Gasteiger partial charge is 0.202 e. The molecule has 3 rings (SSSR count). The lowest BCUT2D eigenvalue weighted by atomic mass is 10.0. The normalized spacial score (nSPS) is 15.3. The fourth-order valence-electron chi connectivity index (χ4n) is 2.47. The molecule has 0 aliphatic carbocycles. The largest absolute Gasteiger partial charge is 0.345 e. The van der Waals surface area contributed by atoms with Gasteiger partial charge < -0.3 is 9.47 Å². The second-order valence-electron chi connectivity index (χ2n) is 5.41. The Bertz CT molecular complexity index is 624. The maximum atomic E-state index is 12.5. The van der Waals surface area contributed by atoms with Crippen LogP contribution in [0, 0.1) is 0 Å². The van der Waals surface area contributed by atoms with Gasteiger partial charge in [-0.15, -0.1) is 11.3 Å². The lowest BCUT2D eigenvalue weighted by Gasteiger charge is -2.05. The van der Waals surface area contributed by atoms with Crippen molar-refractivity contribution < 1.29 is 14.3 Å². The quantitative estimate of drug-likeness (QED) is 0.743. The topological polar surface area (TPSA) is 35.5 Å². The van der Waals surface area contributed by atoms with E-state index in [1.807, 2.05) is 24.3 Å². The molecule has 1 aromatic heterocycles. The van der Waals surface area contributed by atoms with Gasteiger partial charge in [0.15, 0.2) is 6.29 Å². The summed E-state index contributed by atoms with van der Waals surface area (Å²) < 4.78 is 10.9. The van der Waals surface area contributed by atoms with Crippen LogP contribution >= 0.6 is 11.3 Å². The summed E-state index contributed by atoms with van der Waals surface area (Å²) in [6, 6.07) is 11.7. The van der Waals surface area contributed by atoms with Gasteiger partial charge in [0.2, 0.25) is 5.78 Å². The highest BCUT2D eigenvalue weighted by Crippen LogP contribution is 2.30. The minimum Gasteiger partial charge on any atom is -0.345 e. The molecule has 22 heavy (non-hydrogen) atoms. The molecule has 2 aromatic rings. The van der Waals surface area contributed by atoms with Gasteiger partial charge in [-0.1, -0.05) is 37.6 Å². The first kappa shape index (κ1) is 15.4. The summed E-state index contributed by atoms with van der Waals surface area (Å²) in [5, 5.41) is 0. The summed E-state index contributed by atoms with van der Waals surface area (Å²) in [4.78, 5) is 14.2. The highest BCUT2D eigenvalue weighted by molar-refractivity contribution is 7.14. The molecule has 0 spiro atoms. The van der Waals surface area contributed by atoms with E-state index in [4.69, 9.17) is 9.47 Å². The molecule has 0 amide bonds. The number of carbonyl (C=O) groups is 1. The zero-order valence-electron chi connectivity index (χ0n) is 12.7. The highest BCUT2D eigenvalue weighted by Gasteiger charge is 2.21. The molecular weight excluding hydrogens is 296 g/mol. The molecule has 1 aliphatic heterocycles. The molecule has 1 aliphatic rings. The van der Waals surface area contributed by atoms with Gasteiger partial charge in [0.05, 0.1) is 23.0 Å². The van der Waals surface area contributed by atoms with Crippen LogP contribution in [0.2, 0.25) is 0 Å². The number of carbonyl (C=O) groups excluding carboxylic acids is 1.